The first-order valence-corrected chi connectivity index (χ1v) is 6.30. The summed E-state index contributed by atoms with van der Waals surface area (Å²) in [5.74, 6) is 0.606. The number of amidine groups is 1. The lowest BCUT2D eigenvalue weighted by molar-refractivity contribution is -0.126. The highest BCUT2D eigenvalue weighted by Crippen LogP contribution is 2.37. The van der Waals surface area contributed by atoms with Crippen LogP contribution in [0.4, 0.5) is 0 Å². The summed E-state index contributed by atoms with van der Waals surface area (Å²) >= 11 is 0. The Morgan fingerprint density at radius 2 is 2.06 bits per heavy atom. The molecule has 5 nitrogen and oxygen atoms in total. The predicted octanol–water partition coefficient (Wildman–Crippen LogP) is 1.45. The molecule has 0 spiro atoms. The summed E-state index contributed by atoms with van der Waals surface area (Å²) in [6.07, 6.45) is 3.48. The maximum atomic E-state index is 12.1. The highest BCUT2D eigenvalue weighted by Gasteiger charge is 2.38. The normalized spacial score (nSPS) is 18.9. The van der Waals surface area contributed by atoms with Gasteiger partial charge in [0.15, 0.2) is 5.84 Å². The van der Waals surface area contributed by atoms with Crippen molar-refractivity contribution in [2.24, 2.45) is 22.7 Å². The molecule has 1 atom stereocenters. The number of hydrogen-bond donors (Lipinski definition) is 3. The van der Waals surface area contributed by atoms with E-state index in [-0.39, 0.29) is 17.7 Å². The van der Waals surface area contributed by atoms with Gasteiger partial charge in [0.1, 0.15) is 5.54 Å². The molecule has 1 aliphatic carbocycles. The first kappa shape index (κ1) is 13.8. The molecule has 0 aromatic carbocycles. The minimum absolute atomic E-state index is 0.00259. The Morgan fingerprint density at radius 3 is 2.41 bits per heavy atom. The summed E-state index contributed by atoms with van der Waals surface area (Å²) in [6, 6.07) is 0. The summed E-state index contributed by atoms with van der Waals surface area (Å²) in [7, 11) is 0. The lowest BCUT2D eigenvalue weighted by Crippen LogP contribution is -2.58. The van der Waals surface area contributed by atoms with Gasteiger partial charge in [-0.15, -0.1) is 0 Å². The second-order valence-corrected chi connectivity index (χ2v) is 4.89. The summed E-state index contributed by atoms with van der Waals surface area (Å²) in [4.78, 5) is 12.1. The lowest BCUT2D eigenvalue weighted by Gasteiger charge is -2.32. The zero-order valence-electron chi connectivity index (χ0n) is 10.9. The van der Waals surface area contributed by atoms with E-state index >= 15 is 0 Å². The number of nitrogens with two attached hydrogens (primary N) is 1. The van der Waals surface area contributed by atoms with Crippen LogP contribution in [0.25, 0.3) is 0 Å². The molecule has 1 saturated carbocycles. The third-order valence-corrected chi connectivity index (χ3v) is 3.91. The van der Waals surface area contributed by atoms with Gasteiger partial charge in [-0.1, -0.05) is 25.9 Å². The SMILES string of the molecule is CCC(CC)(NC(=O)C(C)C1CC1)C(N)=NO. The van der Waals surface area contributed by atoms with Crippen LogP contribution in [0.2, 0.25) is 0 Å². The van der Waals surface area contributed by atoms with Crippen LogP contribution in [0, 0.1) is 11.8 Å². The van der Waals surface area contributed by atoms with Crippen molar-refractivity contribution in [2.45, 2.75) is 52.0 Å². The Labute approximate surface area is 102 Å². The average molecular weight is 241 g/mol. The number of rotatable bonds is 6. The fraction of sp³-hybridized carbons (Fsp3) is 0.833. The molecule has 0 radical (unpaired) electrons. The molecule has 17 heavy (non-hydrogen) atoms. The van der Waals surface area contributed by atoms with Crippen molar-refractivity contribution >= 4 is 11.7 Å². The number of hydrogen-bond acceptors (Lipinski definition) is 3. The quantitative estimate of drug-likeness (QED) is 0.285. The van der Waals surface area contributed by atoms with E-state index < -0.39 is 5.54 Å². The van der Waals surface area contributed by atoms with Crippen molar-refractivity contribution < 1.29 is 10.0 Å². The summed E-state index contributed by atoms with van der Waals surface area (Å²) in [5.41, 5.74) is 4.99. The maximum Gasteiger partial charge on any atom is 0.223 e. The zero-order valence-corrected chi connectivity index (χ0v) is 10.9. The fourth-order valence-corrected chi connectivity index (χ4v) is 2.11. The molecule has 1 aliphatic rings. The van der Waals surface area contributed by atoms with Gasteiger partial charge in [-0.25, -0.2) is 0 Å². The molecular weight excluding hydrogens is 218 g/mol. The minimum atomic E-state index is -0.713. The topological polar surface area (TPSA) is 87.7 Å². The molecule has 1 rings (SSSR count). The van der Waals surface area contributed by atoms with E-state index in [1.165, 1.54) is 0 Å². The lowest BCUT2D eigenvalue weighted by atomic mass is 9.90. The number of carbonyl (C=O) groups excluding carboxylic acids is 1. The van der Waals surface area contributed by atoms with Crippen LogP contribution >= 0.6 is 0 Å². The van der Waals surface area contributed by atoms with E-state index in [9.17, 15) is 4.79 Å². The standard InChI is InChI=1S/C12H23N3O2/c1-4-12(5-2,11(13)15-17)14-10(16)8(3)9-6-7-9/h8-9,17H,4-7H2,1-3H3,(H2,13,15)(H,14,16). The van der Waals surface area contributed by atoms with E-state index in [0.29, 0.717) is 18.8 Å². The molecule has 0 bridgehead atoms. The van der Waals surface area contributed by atoms with Crippen molar-refractivity contribution in [3.05, 3.63) is 0 Å². The Kier molecular flexibility index (Phi) is 4.37. The van der Waals surface area contributed by atoms with Crippen LogP contribution in [0.1, 0.15) is 46.5 Å². The molecule has 1 fully saturated rings. The van der Waals surface area contributed by atoms with Gasteiger partial charge in [0.05, 0.1) is 0 Å². The monoisotopic (exact) mass is 241 g/mol. The Morgan fingerprint density at radius 1 is 1.53 bits per heavy atom. The predicted molar refractivity (Wildman–Crippen MR) is 66.8 cm³/mol. The largest absolute Gasteiger partial charge is 0.409 e. The fourth-order valence-electron chi connectivity index (χ4n) is 2.11. The molecule has 0 heterocycles. The van der Waals surface area contributed by atoms with Crippen molar-refractivity contribution in [1.82, 2.24) is 5.32 Å². The Bertz CT molecular complexity index is 307. The van der Waals surface area contributed by atoms with E-state index in [0.717, 1.165) is 12.8 Å². The maximum absolute atomic E-state index is 12.1. The second kappa shape index (κ2) is 5.38. The molecule has 5 heteroatoms. The number of amides is 1. The molecular formula is C12H23N3O2. The summed E-state index contributed by atoms with van der Waals surface area (Å²) in [5, 5.41) is 14.8. The summed E-state index contributed by atoms with van der Waals surface area (Å²) in [6.45, 7) is 5.78. The van der Waals surface area contributed by atoms with Crippen LogP contribution < -0.4 is 11.1 Å². The van der Waals surface area contributed by atoms with E-state index in [4.69, 9.17) is 10.9 Å². The van der Waals surface area contributed by atoms with E-state index in [1.54, 1.807) is 0 Å². The van der Waals surface area contributed by atoms with Crippen LogP contribution in [0.15, 0.2) is 5.16 Å². The zero-order chi connectivity index (χ0) is 13.1. The number of nitrogens with one attached hydrogen (secondary N) is 1. The number of nitrogens with zero attached hydrogens (tertiary/aromatic N) is 1. The highest BCUT2D eigenvalue weighted by molar-refractivity contribution is 5.94. The molecule has 1 amide bonds. The molecule has 0 aromatic heterocycles. The molecule has 98 valence electrons. The first-order chi connectivity index (χ1) is 8.00. The van der Waals surface area contributed by atoms with E-state index in [2.05, 4.69) is 10.5 Å². The van der Waals surface area contributed by atoms with Gasteiger partial charge < -0.3 is 16.3 Å². The van der Waals surface area contributed by atoms with Gasteiger partial charge in [-0.3, -0.25) is 4.79 Å². The third-order valence-electron chi connectivity index (χ3n) is 3.91. The first-order valence-electron chi connectivity index (χ1n) is 6.30. The van der Waals surface area contributed by atoms with Gasteiger partial charge in [-0.05, 0) is 31.6 Å². The molecule has 1 unspecified atom stereocenters. The van der Waals surface area contributed by atoms with Gasteiger partial charge in [0.2, 0.25) is 5.91 Å². The van der Waals surface area contributed by atoms with E-state index in [1.807, 2.05) is 20.8 Å². The van der Waals surface area contributed by atoms with Gasteiger partial charge in [-0.2, -0.15) is 0 Å². The number of oxime groups is 1. The molecule has 0 aromatic rings. The van der Waals surface area contributed by atoms with Crippen molar-refractivity contribution in [3.8, 4) is 0 Å². The minimum Gasteiger partial charge on any atom is -0.409 e. The van der Waals surface area contributed by atoms with Crippen molar-refractivity contribution in [2.75, 3.05) is 0 Å². The van der Waals surface area contributed by atoms with Crippen molar-refractivity contribution in [1.29, 1.82) is 0 Å². The molecule has 0 aliphatic heterocycles. The Balaban J connectivity index is 2.75. The molecule has 0 saturated heterocycles. The van der Waals surface area contributed by atoms with Gasteiger partial charge in [0, 0.05) is 5.92 Å². The Hall–Kier alpha value is -1.26. The average Bonchev–Trinajstić information content (AvgIpc) is 3.18. The van der Waals surface area contributed by atoms with Crippen LogP contribution in [-0.2, 0) is 4.79 Å². The second-order valence-electron chi connectivity index (χ2n) is 4.89. The summed E-state index contributed by atoms with van der Waals surface area (Å²) < 4.78 is 0. The van der Waals surface area contributed by atoms with Crippen LogP contribution in [0.3, 0.4) is 0 Å². The smallest absolute Gasteiger partial charge is 0.223 e. The van der Waals surface area contributed by atoms with Crippen LogP contribution in [-0.4, -0.2) is 22.5 Å². The van der Waals surface area contributed by atoms with Gasteiger partial charge >= 0.3 is 0 Å². The number of carbonyl (C=O) groups is 1. The molecule has 4 N–H and O–H groups in total. The highest BCUT2D eigenvalue weighted by atomic mass is 16.4. The van der Waals surface area contributed by atoms with Crippen LogP contribution in [0.5, 0.6) is 0 Å². The third kappa shape index (κ3) is 2.90. The van der Waals surface area contributed by atoms with Gasteiger partial charge in [0.25, 0.3) is 0 Å². The van der Waals surface area contributed by atoms with Crippen molar-refractivity contribution in [3.63, 3.8) is 0 Å².